The molecule has 0 aliphatic rings. The monoisotopic (exact) mass is 326 g/mol. The number of hydrogen-bond donors (Lipinski definition) is 1. The molecule has 0 atom stereocenters. The van der Waals surface area contributed by atoms with Crippen LogP contribution in [0.5, 0.6) is 0 Å². The predicted octanol–water partition coefficient (Wildman–Crippen LogP) is 3.97. The molecule has 3 nitrogen and oxygen atoms in total. The van der Waals surface area contributed by atoms with Gasteiger partial charge in [0.1, 0.15) is 0 Å². The van der Waals surface area contributed by atoms with E-state index in [1.807, 2.05) is 30.3 Å². The number of rotatable bonds is 3. The SMILES string of the molecule is N#Cc1ccc(NC(=O)/C=C/c2ccccc2Br)cc1. The fraction of sp³-hybridized carbons (Fsp3) is 0. The van der Waals surface area contributed by atoms with E-state index in [1.165, 1.54) is 6.08 Å². The Hall–Kier alpha value is -2.38. The molecule has 1 N–H and O–H groups in total. The standard InChI is InChI=1S/C16H11BrN2O/c17-15-4-2-1-3-13(15)7-10-16(20)19-14-8-5-12(11-18)6-9-14/h1-10H,(H,19,20)/b10-7+. The zero-order chi connectivity index (χ0) is 14.4. The molecule has 4 heteroatoms. The van der Waals surface area contributed by atoms with Crippen molar-refractivity contribution >= 4 is 33.6 Å². The Bertz CT molecular complexity index is 684. The highest BCUT2D eigenvalue weighted by Crippen LogP contribution is 2.17. The number of carbonyl (C=O) groups excluding carboxylic acids is 1. The number of amides is 1. The van der Waals surface area contributed by atoms with Crippen molar-refractivity contribution in [1.82, 2.24) is 0 Å². The third-order valence-electron chi connectivity index (χ3n) is 2.60. The first-order valence-corrected chi connectivity index (χ1v) is 6.72. The molecule has 0 saturated heterocycles. The minimum absolute atomic E-state index is 0.217. The average Bonchev–Trinajstić information content (AvgIpc) is 2.47. The molecule has 0 aliphatic carbocycles. The maximum Gasteiger partial charge on any atom is 0.248 e. The van der Waals surface area contributed by atoms with Crippen LogP contribution in [0.1, 0.15) is 11.1 Å². The molecule has 0 fully saturated rings. The molecular formula is C16H11BrN2O. The van der Waals surface area contributed by atoms with E-state index in [1.54, 1.807) is 30.3 Å². The Kier molecular flexibility index (Phi) is 4.70. The van der Waals surface area contributed by atoms with Crippen molar-refractivity contribution in [1.29, 1.82) is 5.26 Å². The second-order valence-electron chi connectivity index (χ2n) is 4.03. The van der Waals surface area contributed by atoms with E-state index in [0.29, 0.717) is 11.3 Å². The normalized spacial score (nSPS) is 10.2. The molecule has 2 rings (SSSR count). The predicted molar refractivity (Wildman–Crippen MR) is 83.0 cm³/mol. The Morgan fingerprint density at radius 2 is 1.85 bits per heavy atom. The summed E-state index contributed by atoms with van der Waals surface area (Å²) in [7, 11) is 0. The minimum Gasteiger partial charge on any atom is -0.323 e. The van der Waals surface area contributed by atoms with Gasteiger partial charge in [0.05, 0.1) is 11.6 Å². The van der Waals surface area contributed by atoms with Crippen molar-refractivity contribution in [2.24, 2.45) is 0 Å². The number of anilines is 1. The zero-order valence-electron chi connectivity index (χ0n) is 10.5. The van der Waals surface area contributed by atoms with Gasteiger partial charge in [0.25, 0.3) is 0 Å². The fourth-order valence-electron chi connectivity index (χ4n) is 1.59. The summed E-state index contributed by atoms with van der Waals surface area (Å²) in [5, 5.41) is 11.4. The Labute approximate surface area is 125 Å². The number of benzene rings is 2. The molecule has 1 amide bonds. The van der Waals surface area contributed by atoms with E-state index >= 15 is 0 Å². The lowest BCUT2D eigenvalue weighted by Gasteiger charge is -2.02. The van der Waals surface area contributed by atoms with Gasteiger partial charge in [-0.25, -0.2) is 0 Å². The first-order valence-electron chi connectivity index (χ1n) is 5.93. The lowest BCUT2D eigenvalue weighted by molar-refractivity contribution is -0.111. The summed E-state index contributed by atoms with van der Waals surface area (Å²) in [6.07, 6.45) is 3.21. The van der Waals surface area contributed by atoms with E-state index in [-0.39, 0.29) is 5.91 Å². The summed E-state index contributed by atoms with van der Waals surface area (Å²) in [6.45, 7) is 0. The average molecular weight is 327 g/mol. The van der Waals surface area contributed by atoms with Crippen LogP contribution in [0.3, 0.4) is 0 Å². The molecule has 98 valence electrons. The third-order valence-corrected chi connectivity index (χ3v) is 3.32. The Balaban J connectivity index is 2.02. The number of carbonyl (C=O) groups is 1. The number of hydrogen-bond acceptors (Lipinski definition) is 2. The topological polar surface area (TPSA) is 52.9 Å². The van der Waals surface area contributed by atoms with Gasteiger partial charge in [0.2, 0.25) is 5.91 Å². The summed E-state index contributed by atoms with van der Waals surface area (Å²) in [5.41, 5.74) is 2.15. The van der Waals surface area contributed by atoms with E-state index in [9.17, 15) is 4.79 Å². The highest BCUT2D eigenvalue weighted by atomic mass is 79.9. The molecule has 0 radical (unpaired) electrons. The van der Waals surface area contributed by atoms with Gasteiger partial charge in [0.15, 0.2) is 0 Å². The fourth-order valence-corrected chi connectivity index (χ4v) is 2.00. The summed E-state index contributed by atoms with van der Waals surface area (Å²) >= 11 is 3.42. The van der Waals surface area contributed by atoms with Crippen molar-refractivity contribution in [3.05, 3.63) is 70.2 Å². The number of nitrogens with one attached hydrogen (secondary N) is 1. The van der Waals surface area contributed by atoms with Crippen molar-refractivity contribution in [3.8, 4) is 6.07 Å². The maximum absolute atomic E-state index is 11.8. The van der Waals surface area contributed by atoms with Crippen LogP contribution in [-0.2, 0) is 4.79 Å². The highest BCUT2D eigenvalue weighted by molar-refractivity contribution is 9.10. The number of nitrogens with zero attached hydrogens (tertiary/aromatic N) is 1. The van der Waals surface area contributed by atoms with Gasteiger partial charge in [-0.05, 0) is 42.0 Å². The van der Waals surface area contributed by atoms with Crippen molar-refractivity contribution in [3.63, 3.8) is 0 Å². The molecular weight excluding hydrogens is 316 g/mol. The van der Waals surface area contributed by atoms with Gasteiger partial charge >= 0.3 is 0 Å². The van der Waals surface area contributed by atoms with Gasteiger partial charge in [0, 0.05) is 16.2 Å². The number of nitriles is 1. The first kappa shape index (κ1) is 14.0. The molecule has 0 aliphatic heterocycles. The quantitative estimate of drug-likeness (QED) is 0.867. The second-order valence-corrected chi connectivity index (χ2v) is 4.89. The van der Waals surface area contributed by atoms with Crippen LogP contribution in [0, 0.1) is 11.3 Å². The summed E-state index contributed by atoms with van der Waals surface area (Å²) in [4.78, 5) is 11.8. The molecule has 0 unspecified atom stereocenters. The largest absolute Gasteiger partial charge is 0.323 e. The lowest BCUT2D eigenvalue weighted by Crippen LogP contribution is -2.07. The van der Waals surface area contributed by atoms with Gasteiger partial charge < -0.3 is 5.32 Å². The zero-order valence-corrected chi connectivity index (χ0v) is 12.1. The Morgan fingerprint density at radius 1 is 1.15 bits per heavy atom. The van der Waals surface area contributed by atoms with Crippen LogP contribution >= 0.6 is 15.9 Å². The maximum atomic E-state index is 11.8. The van der Waals surface area contributed by atoms with Crippen LogP contribution in [0.25, 0.3) is 6.08 Å². The summed E-state index contributed by atoms with van der Waals surface area (Å²) in [5.74, 6) is -0.217. The van der Waals surface area contributed by atoms with Gasteiger partial charge in [-0.15, -0.1) is 0 Å². The van der Waals surface area contributed by atoms with Crippen LogP contribution in [-0.4, -0.2) is 5.91 Å². The summed E-state index contributed by atoms with van der Waals surface area (Å²) < 4.78 is 0.933. The van der Waals surface area contributed by atoms with Crippen molar-refractivity contribution < 1.29 is 4.79 Å². The van der Waals surface area contributed by atoms with Crippen LogP contribution in [0.2, 0.25) is 0 Å². The molecule has 0 saturated carbocycles. The molecule has 20 heavy (non-hydrogen) atoms. The molecule has 0 heterocycles. The molecule has 0 aromatic heterocycles. The van der Waals surface area contributed by atoms with Gasteiger partial charge in [-0.2, -0.15) is 5.26 Å². The van der Waals surface area contributed by atoms with Gasteiger partial charge in [-0.3, -0.25) is 4.79 Å². The van der Waals surface area contributed by atoms with Crippen molar-refractivity contribution in [2.45, 2.75) is 0 Å². The van der Waals surface area contributed by atoms with E-state index in [0.717, 1.165) is 10.0 Å². The first-order chi connectivity index (χ1) is 9.69. The molecule has 0 spiro atoms. The molecule has 2 aromatic carbocycles. The van der Waals surface area contributed by atoms with Gasteiger partial charge in [-0.1, -0.05) is 34.1 Å². The highest BCUT2D eigenvalue weighted by Gasteiger charge is 1.99. The van der Waals surface area contributed by atoms with Crippen LogP contribution in [0.15, 0.2) is 59.1 Å². The van der Waals surface area contributed by atoms with E-state index in [2.05, 4.69) is 21.2 Å². The minimum atomic E-state index is -0.217. The lowest BCUT2D eigenvalue weighted by atomic mass is 10.2. The van der Waals surface area contributed by atoms with Crippen molar-refractivity contribution in [2.75, 3.05) is 5.32 Å². The van der Waals surface area contributed by atoms with E-state index < -0.39 is 0 Å². The second kappa shape index (κ2) is 6.69. The van der Waals surface area contributed by atoms with E-state index in [4.69, 9.17) is 5.26 Å². The molecule has 0 bridgehead atoms. The summed E-state index contributed by atoms with van der Waals surface area (Å²) in [6, 6.07) is 16.4. The number of halogens is 1. The molecule has 2 aromatic rings. The Morgan fingerprint density at radius 3 is 2.50 bits per heavy atom. The van der Waals surface area contributed by atoms with Crippen LogP contribution < -0.4 is 5.32 Å². The smallest absolute Gasteiger partial charge is 0.248 e. The third kappa shape index (κ3) is 3.81. The van der Waals surface area contributed by atoms with Crippen LogP contribution in [0.4, 0.5) is 5.69 Å².